The van der Waals surface area contributed by atoms with Gasteiger partial charge in [0.1, 0.15) is 5.69 Å². The van der Waals surface area contributed by atoms with Gasteiger partial charge in [0.2, 0.25) is 5.91 Å². The standard InChI is InChI=1S/C21H23ClN4O4/c1-3-30-18-13-15(12-16(22)20(18)29-2)4-5-19(27)25-8-10-26(11-9-25)21(28)17-14-23-6-7-24-17/h4-7,12-14H,3,8-11H2,1-2H3/b5-4+. The number of amides is 2. The normalized spacial score (nSPS) is 14.1. The summed E-state index contributed by atoms with van der Waals surface area (Å²) in [5.41, 5.74) is 1.03. The lowest BCUT2D eigenvalue weighted by atomic mass is 10.1. The van der Waals surface area contributed by atoms with E-state index in [1.165, 1.54) is 31.8 Å². The van der Waals surface area contributed by atoms with Gasteiger partial charge < -0.3 is 19.3 Å². The van der Waals surface area contributed by atoms with Crippen LogP contribution in [-0.4, -0.2) is 71.5 Å². The second kappa shape index (κ2) is 10.1. The van der Waals surface area contributed by atoms with Crippen LogP contribution in [0.1, 0.15) is 23.0 Å². The summed E-state index contributed by atoms with van der Waals surface area (Å²) in [7, 11) is 1.53. The number of nitrogens with zero attached hydrogens (tertiary/aromatic N) is 4. The third-order valence-corrected chi connectivity index (χ3v) is 4.90. The molecule has 1 aromatic heterocycles. The Bertz CT molecular complexity index is 928. The van der Waals surface area contributed by atoms with E-state index in [4.69, 9.17) is 21.1 Å². The third-order valence-electron chi connectivity index (χ3n) is 4.62. The summed E-state index contributed by atoms with van der Waals surface area (Å²) in [5.74, 6) is 0.676. The van der Waals surface area contributed by atoms with E-state index in [0.29, 0.717) is 55.0 Å². The van der Waals surface area contributed by atoms with Crippen molar-refractivity contribution in [1.82, 2.24) is 19.8 Å². The Kier molecular flexibility index (Phi) is 7.24. The monoisotopic (exact) mass is 430 g/mol. The van der Waals surface area contributed by atoms with E-state index in [1.54, 1.807) is 28.0 Å². The zero-order valence-corrected chi connectivity index (χ0v) is 17.6. The number of ether oxygens (including phenoxy) is 2. The van der Waals surface area contributed by atoms with Crippen molar-refractivity contribution in [1.29, 1.82) is 0 Å². The molecule has 1 aromatic carbocycles. The fourth-order valence-corrected chi connectivity index (χ4v) is 3.42. The molecule has 1 saturated heterocycles. The fraction of sp³-hybridized carbons (Fsp3) is 0.333. The molecule has 0 atom stereocenters. The number of piperazine rings is 1. The van der Waals surface area contributed by atoms with Gasteiger partial charge in [-0.2, -0.15) is 0 Å². The van der Waals surface area contributed by atoms with E-state index in [9.17, 15) is 9.59 Å². The number of carbonyl (C=O) groups excluding carboxylic acids is 2. The first-order valence-electron chi connectivity index (χ1n) is 9.56. The zero-order valence-electron chi connectivity index (χ0n) is 16.9. The SMILES string of the molecule is CCOc1cc(/C=C/C(=O)N2CCN(C(=O)c3cnccn3)CC2)cc(Cl)c1OC. The fourth-order valence-electron chi connectivity index (χ4n) is 3.12. The van der Waals surface area contributed by atoms with Gasteiger partial charge in [0.25, 0.3) is 5.91 Å². The summed E-state index contributed by atoms with van der Waals surface area (Å²) >= 11 is 6.25. The lowest BCUT2D eigenvalue weighted by Gasteiger charge is -2.34. The highest BCUT2D eigenvalue weighted by molar-refractivity contribution is 6.32. The molecule has 1 aliphatic rings. The van der Waals surface area contributed by atoms with Crippen LogP contribution in [0.2, 0.25) is 5.02 Å². The lowest BCUT2D eigenvalue weighted by molar-refractivity contribution is -0.127. The van der Waals surface area contributed by atoms with Crippen LogP contribution in [-0.2, 0) is 4.79 Å². The number of hydrogen-bond donors (Lipinski definition) is 0. The Morgan fingerprint density at radius 2 is 1.90 bits per heavy atom. The average Bonchev–Trinajstić information content (AvgIpc) is 2.78. The molecule has 0 unspecified atom stereocenters. The Morgan fingerprint density at radius 3 is 2.53 bits per heavy atom. The average molecular weight is 431 g/mol. The third kappa shape index (κ3) is 5.07. The highest BCUT2D eigenvalue weighted by Gasteiger charge is 2.24. The molecular weight excluding hydrogens is 408 g/mol. The minimum Gasteiger partial charge on any atom is -0.491 e. The van der Waals surface area contributed by atoms with Crippen LogP contribution in [0.3, 0.4) is 0 Å². The van der Waals surface area contributed by atoms with Crippen molar-refractivity contribution in [3.63, 3.8) is 0 Å². The van der Waals surface area contributed by atoms with E-state index < -0.39 is 0 Å². The minimum atomic E-state index is -0.179. The largest absolute Gasteiger partial charge is 0.491 e. The van der Waals surface area contributed by atoms with Gasteiger partial charge in [-0.15, -0.1) is 0 Å². The molecule has 3 rings (SSSR count). The molecule has 2 heterocycles. The Morgan fingerprint density at radius 1 is 1.17 bits per heavy atom. The van der Waals surface area contributed by atoms with E-state index in [0.717, 1.165) is 5.56 Å². The molecule has 2 aromatic rings. The number of benzene rings is 1. The van der Waals surface area contributed by atoms with Gasteiger partial charge in [-0.25, -0.2) is 4.98 Å². The van der Waals surface area contributed by atoms with Gasteiger partial charge >= 0.3 is 0 Å². The molecular formula is C21H23ClN4O4. The molecule has 0 radical (unpaired) electrons. The number of carbonyl (C=O) groups is 2. The second-order valence-corrected chi connectivity index (χ2v) is 6.92. The molecule has 9 heteroatoms. The first kappa shape index (κ1) is 21.6. The van der Waals surface area contributed by atoms with E-state index >= 15 is 0 Å². The van der Waals surface area contributed by atoms with Crippen molar-refractivity contribution >= 4 is 29.5 Å². The van der Waals surface area contributed by atoms with Crippen LogP contribution in [0.4, 0.5) is 0 Å². The summed E-state index contributed by atoms with van der Waals surface area (Å²) in [5, 5.41) is 0.409. The summed E-state index contributed by atoms with van der Waals surface area (Å²) in [6.45, 7) is 4.12. The van der Waals surface area contributed by atoms with Crippen molar-refractivity contribution in [2.45, 2.75) is 6.92 Å². The predicted octanol–water partition coefficient (Wildman–Crippen LogP) is 2.54. The zero-order chi connectivity index (χ0) is 21.5. The van der Waals surface area contributed by atoms with Crippen molar-refractivity contribution in [2.24, 2.45) is 0 Å². The minimum absolute atomic E-state index is 0.133. The summed E-state index contributed by atoms with van der Waals surface area (Å²) in [4.78, 5) is 36.3. The Balaban J connectivity index is 1.61. The van der Waals surface area contributed by atoms with Gasteiger partial charge in [-0.3, -0.25) is 14.6 Å². The highest BCUT2D eigenvalue weighted by Crippen LogP contribution is 2.36. The predicted molar refractivity (Wildman–Crippen MR) is 113 cm³/mol. The highest BCUT2D eigenvalue weighted by atomic mass is 35.5. The van der Waals surface area contributed by atoms with Crippen LogP contribution >= 0.6 is 11.6 Å². The van der Waals surface area contributed by atoms with Crippen molar-refractivity contribution < 1.29 is 19.1 Å². The van der Waals surface area contributed by atoms with E-state index in [-0.39, 0.29) is 11.8 Å². The maximum absolute atomic E-state index is 12.6. The van der Waals surface area contributed by atoms with Gasteiger partial charge in [-0.1, -0.05) is 11.6 Å². The van der Waals surface area contributed by atoms with Crippen LogP contribution in [0.25, 0.3) is 6.08 Å². The summed E-state index contributed by atoms with van der Waals surface area (Å²) < 4.78 is 10.8. The second-order valence-electron chi connectivity index (χ2n) is 6.51. The first-order chi connectivity index (χ1) is 14.5. The molecule has 30 heavy (non-hydrogen) atoms. The Hall–Kier alpha value is -3.13. The molecule has 0 bridgehead atoms. The van der Waals surface area contributed by atoms with E-state index in [2.05, 4.69) is 9.97 Å². The first-order valence-corrected chi connectivity index (χ1v) is 9.94. The molecule has 0 N–H and O–H groups in total. The van der Waals surface area contributed by atoms with Gasteiger partial charge in [0.05, 0.1) is 24.9 Å². The molecule has 158 valence electrons. The number of aromatic nitrogens is 2. The van der Waals surface area contributed by atoms with Crippen molar-refractivity contribution in [3.8, 4) is 11.5 Å². The summed E-state index contributed by atoms with van der Waals surface area (Å²) in [6.07, 6.45) is 7.63. The Labute approximate surface area is 180 Å². The molecule has 1 fully saturated rings. The molecule has 0 saturated carbocycles. The smallest absolute Gasteiger partial charge is 0.274 e. The van der Waals surface area contributed by atoms with Crippen LogP contribution in [0.15, 0.2) is 36.8 Å². The molecule has 0 aliphatic carbocycles. The number of halogens is 1. The van der Waals surface area contributed by atoms with Gasteiger partial charge in [0.15, 0.2) is 11.5 Å². The lowest BCUT2D eigenvalue weighted by Crippen LogP contribution is -2.50. The van der Waals surface area contributed by atoms with Crippen LogP contribution in [0.5, 0.6) is 11.5 Å². The van der Waals surface area contributed by atoms with Gasteiger partial charge in [-0.05, 0) is 30.7 Å². The molecule has 1 aliphatic heterocycles. The van der Waals surface area contributed by atoms with Crippen molar-refractivity contribution in [2.75, 3.05) is 39.9 Å². The van der Waals surface area contributed by atoms with Crippen LogP contribution in [0, 0.1) is 0 Å². The quantitative estimate of drug-likeness (QED) is 0.655. The summed E-state index contributed by atoms with van der Waals surface area (Å²) in [6, 6.07) is 3.49. The number of methoxy groups -OCH3 is 1. The van der Waals surface area contributed by atoms with Crippen molar-refractivity contribution in [3.05, 3.63) is 53.1 Å². The van der Waals surface area contributed by atoms with E-state index in [1.807, 2.05) is 6.92 Å². The molecule has 2 amide bonds. The topological polar surface area (TPSA) is 84.9 Å². The maximum Gasteiger partial charge on any atom is 0.274 e. The number of rotatable bonds is 6. The number of hydrogen-bond acceptors (Lipinski definition) is 6. The maximum atomic E-state index is 12.6. The molecule has 8 nitrogen and oxygen atoms in total. The van der Waals surface area contributed by atoms with Gasteiger partial charge in [0, 0.05) is 44.6 Å². The van der Waals surface area contributed by atoms with Crippen LogP contribution < -0.4 is 9.47 Å². The molecule has 0 spiro atoms.